The van der Waals surface area contributed by atoms with Crippen molar-refractivity contribution in [3.8, 4) is 51.0 Å². The van der Waals surface area contributed by atoms with Gasteiger partial charge in [0.1, 0.15) is 5.82 Å². The molecule has 232 valence electrons. The van der Waals surface area contributed by atoms with E-state index in [9.17, 15) is 0 Å². The molecular formula is C44H31N5. The highest BCUT2D eigenvalue weighted by molar-refractivity contribution is 6.04. The molecule has 0 radical (unpaired) electrons. The standard InChI is InChI=1S/C44H31N5/c1-2-41-45-39-23-8-9-24-40(39)49(41)32-27-25-30(26-28-32)33-18-11-20-36-35(33)19-12-22-38(36)44-47-42(31-14-4-3-5-15-31)46-43(48-44)37-21-10-16-29-13-6-7-17-34(29)37/h3-28H,2H2,1H3. The van der Waals surface area contributed by atoms with E-state index in [1.807, 2.05) is 36.4 Å². The number of imidazole rings is 1. The first-order valence-electron chi connectivity index (χ1n) is 16.6. The van der Waals surface area contributed by atoms with Gasteiger partial charge in [-0.25, -0.2) is 19.9 Å². The molecule has 9 rings (SSSR count). The van der Waals surface area contributed by atoms with E-state index in [-0.39, 0.29) is 0 Å². The second-order valence-electron chi connectivity index (χ2n) is 12.2. The SMILES string of the molecule is CCc1nc2ccccc2n1-c1ccc(-c2cccc3c(-c4nc(-c5ccccc5)nc(-c5cccc6ccccc56)n4)cccc23)cc1. The molecule has 49 heavy (non-hydrogen) atoms. The van der Waals surface area contributed by atoms with Gasteiger partial charge in [-0.15, -0.1) is 0 Å². The van der Waals surface area contributed by atoms with Crippen LogP contribution in [0.5, 0.6) is 0 Å². The summed E-state index contributed by atoms with van der Waals surface area (Å²) >= 11 is 0. The Kier molecular flexibility index (Phi) is 7.02. The molecule has 0 aliphatic heterocycles. The second-order valence-corrected chi connectivity index (χ2v) is 12.2. The summed E-state index contributed by atoms with van der Waals surface area (Å²) in [5, 5.41) is 4.49. The van der Waals surface area contributed by atoms with Gasteiger partial charge in [0, 0.05) is 28.8 Å². The van der Waals surface area contributed by atoms with Gasteiger partial charge in [0.05, 0.1) is 11.0 Å². The van der Waals surface area contributed by atoms with Crippen LogP contribution in [0.2, 0.25) is 0 Å². The molecule has 0 saturated carbocycles. The summed E-state index contributed by atoms with van der Waals surface area (Å²) in [7, 11) is 0. The van der Waals surface area contributed by atoms with Crippen molar-refractivity contribution in [2.75, 3.05) is 0 Å². The molecule has 0 atom stereocenters. The van der Waals surface area contributed by atoms with Gasteiger partial charge in [-0.3, -0.25) is 4.57 Å². The van der Waals surface area contributed by atoms with Gasteiger partial charge in [0.25, 0.3) is 0 Å². The van der Waals surface area contributed by atoms with Crippen molar-refractivity contribution in [2.45, 2.75) is 13.3 Å². The van der Waals surface area contributed by atoms with Crippen LogP contribution < -0.4 is 0 Å². The molecule has 9 aromatic rings. The third kappa shape index (κ3) is 5.04. The van der Waals surface area contributed by atoms with Gasteiger partial charge in [-0.1, -0.05) is 140 Å². The molecule has 5 heteroatoms. The third-order valence-corrected chi connectivity index (χ3v) is 9.24. The van der Waals surface area contributed by atoms with Crippen molar-refractivity contribution < 1.29 is 0 Å². The Balaban J connectivity index is 1.18. The van der Waals surface area contributed by atoms with Crippen LogP contribution in [0.15, 0.2) is 158 Å². The van der Waals surface area contributed by atoms with Crippen LogP contribution in [0.25, 0.3) is 83.6 Å². The molecule has 7 aromatic carbocycles. The highest BCUT2D eigenvalue weighted by Gasteiger charge is 2.17. The maximum absolute atomic E-state index is 5.15. The van der Waals surface area contributed by atoms with Gasteiger partial charge < -0.3 is 0 Å². The topological polar surface area (TPSA) is 56.5 Å². The van der Waals surface area contributed by atoms with E-state index < -0.39 is 0 Å². The summed E-state index contributed by atoms with van der Waals surface area (Å²) < 4.78 is 2.26. The van der Waals surface area contributed by atoms with Gasteiger partial charge >= 0.3 is 0 Å². The Hall–Kier alpha value is -6.46. The van der Waals surface area contributed by atoms with Crippen molar-refractivity contribution in [1.29, 1.82) is 0 Å². The molecule has 0 fully saturated rings. The minimum absolute atomic E-state index is 0.647. The zero-order valence-corrected chi connectivity index (χ0v) is 27.0. The lowest BCUT2D eigenvalue weighted by atomic mass is 9.95. The summed E-state index contributed by atoms with van der Waals surface area (Å²) in [4.78, 5) is 20.1. The first-order valence-corrected chi connectivity index (χ1v) is 16.6. The molecule has 0 aliphatic rings. The third-order valence-electron chi connectivity index (χ3n) is 9.24. The predicted molar refractivity (Wildman–Crippen MR) is 201 cm³/mol. The number of hydrogen-bond donors (Lipinski definition) is 0. The number of hydrogen-bond acceptors (Lipinski definition) is 4. The zero-order chi connectivity index (χ0) is 32.7. The van der Waals surface area contributed by atoms with Crippen molar-refractivity contribution in [3.63, 3.8) is 0 Å². The van der Waals surface area contributed by atoms with Gasteiger partial charge in [0.15, 0.2) is 17.5 Å². The summed E-state index contributed by atoms with van der Waals surface area (Å²) in [5.41, 5.74) is 8.45. The molecule has 0 aliphatic carbocycles. The minimum Gasteiger partial charge on any atom is -0.296 e. The number of nitrogens with zero attached hydrogens (tertiary/aromatic N) is 5. The van der Waals surface area contributed by atoms with Gasteiger partial charge in [-0.2, -0.15) is 0 Å². The Labute approximate surface area is 284 Å². The number of aromatic nitrogens is 5. The molecule has 5 nitrogen and oxygen atoms in total. The minimum atomic E-state index is 0.647. The summed E-state index contributed by atoms with van der Waals surface area (Å²) in [5.74, 6) is 3.01. The first kappa shape index (κ1) is 28.7. The van der Waals surface area contributed by atoms with Crippen molar-refractivity contribution >= 4 is 32.6 Å². The average molecular weight is 630 g/mol. The lowest BCUT2D eigenvalue weighted by molar-refractivity contribution is 0.908. The van der Waals surface area contributed by atoms with E-state index >= 15 is 0 Å². The van der Waals surface area contributed by atoms with E-state index in [2.05, 4.69) is 133 Å². The molecule has 0 spiro atoms. The Bertz CT molecular complexity index is 2630. The Morgan fingerprint density at radius 1 is 0.429 bits per heavy atom. The van der Waals surface area contributed by atoms with Crippen LogP contribution in [0.3, 0.4) is 0 Å². The summed E-state index contributed by atoms with van der Waals surface area (Å²) in [6.07, 6.45) is 0.855. The molecule has 0 saturated heterocycles. The summed E-state index contributed by atoms with van der Waals surface area (Å²) in [6, 6.07) is 54.8. The van der Waals surface area contributed by atoms with E-state index in [1.54, 1.807) is 0 Å². The average Bonchev–Trinajstić information content (AvgIpc) is 3.56. The zero-order valence-electron chi connectivity index (χ0n) is 27.0. The van der Waals surface area contributed by atoms with Gasteiger partial charge in [-0.05, 0) is 56.9 Å². The lowest BCUT2D eigenvalue weighted by Crippen LogP contribution is -2.01. The van der Waals surface area contributed by atoms with Crippen molar-refractivity contribution in [3.05, 3.63) is 164 Å². The van der Waals surface area contributed by atoms with Crippen molar-refractivity contribution in [1.82, 2.24) is 24.5 Å². The largest absolute Gasteiger partial charge is 0.296 e. The van der Waals surface area contributed by atoms with Crippen molar-refractivity contribution in [2.24, 2.45) is 0 Å². The molecule has 0 bridgehead atoms. The van der Waals surface area contributed by atoms with Crippen LogP contribution in [0.4, 0.5) is 0 Å². The number of rotatable bonds is 6. The fourth-order valence-electron chi connectivity index (χ4n) is 6.90. The van der Waals surface area contributed by atoms with Crippen LogP contribution >= 0.6 is 0 Å². The number of fused-ring (bicyclic) bond motifs is 3. The monoisotopic (exact) mass is 629 g/mol. The maximum atomic E-state index is 5.15. The highest BCUT2D eigenvalue weighted by atomic mass is 15.1. The van der Waals surface area contributed by atoms with Crippen LogP contribution in [-0.4, -0.2) is 24.5 Å². The second kappa shape index (κ2) is 12.0. The predicted octanol–water partition coefficient (Wildman–Crippen LogP) is 10.7. The molecule has 2 aromatic heterocycles. The van der Waals surface area contributed by atoms with Crippen LogP contribution in [0, 0.1) is 0 Å². The highest BCUT2D eigenvalue weighted by Crippen LogP contribution is 2.36. The fraction of sp³-hybridized carbons (Fsp3) is 0.0455. The molecule has 0 unspecified atom stereocenters. The summed E-state index contributed by atoms with van der Waals surface area (Å²) in [6.45, 7) is 2.15. The Morgan fingerprint density at radius 3 is 1.78 bits per heavy atom. The van der Waals surface area contributed by atoms with Crippen LogP contribution in [-0.2, 0) is 6.42 Å². The molecule has 0 N–H and O–H groups in total. The molecule has 2 heterocycles. The smallest absolute Gasteiger partial charge is 0.164 e. The van der Waals surface area contributed by atoms with E-state index in [0.29, 0.717) is 17.5 Å². The Morgan fingerprint density at radius 2 is 1.00 bits per heavy atom. The maximum Gasteiger partial charge on any atom is 0.164 e. The number of aryl methyl sites for hydroxylation is 1. The first-order chi connectivity index (χ1) is 24.2. The number of para-hydroxylation sites is 2. The molecule has 0 amide bonds. The normalized spacial score (nSPS) is 11.4. The van der Waals surface area contributed by atoms with E-state index in [1.165, 1.54) is 0 Å². The van der Waals surface area contributed by atoms with E-state index in [0.717, 1.165) is 78.3 Å². The van der Waals surface area contributed by atoms with E-state index in [4.69, 9.17) is 19.9 Å². The molecular weight excluding hydrogens is 599 g/mol. The van der Waals surface area contributed by atoms with Gasteiger partial charge in [0.2, 0.25) is 0 Å². The lowest BCUT2D eigenvalue weighted by Gasteiger charge is -2.14. The number of benzene rings is 7. The fourth-order valence-corrected chi connectivity index (χ4v) is 6.90. The quantitative estimate of drug-likeness (QED) is 0.184. The van der Waals surface area contributed by atoms with Crippen LogP contribution in [0.1, 0.15) is 12.7 Å².